The summed E-state index contributed by atoms with van der Waals surface area (Å²) in [6.45, 7) is 6.17. The standard InChI is InChI=1S/C19H29N3O/c1-4-22-11-9-19(10-12-22)13-17(20-18(23)14-21(2)3)15-7-5-6-8-16(15)19/h5-8,17H,4,9-14H2,1-3H3,(H,20,23). The number of amides is 1. The molecule has 1 aromatic carbocycles. The number of piperidine rings is 1. The molecule has 1 aliphatic heterocycles. The quantitative estimate of drug-likeness (QED) is 0.925. The highest BCUT2D eigenvalue weighted by molar-refractivity contribution is 5.78. The second kappa shape index (κ2) is 6.62. The van der Waals surface area contributed by atoms with E-state index >= 15 is 0 Å². The van der Waals surface area contributed by atoms with Crippen LogP contribution in [0.5, 0.6) is 0 Å². The molecule has 1 N–H and O–H groups in total. The number of carbonyl (C=O) groups excluding carboxylic acids is 1. The minimum atomic E-state index is 0.123. The van der Waals surface area contributed by atoms with Crippen molar-refractivity contribution in [2.24, 2.45) is 0 Å². The van der Waals surface area contributed by atoms with Gasteiger partial charge in [0.15, 0.2) is 0 Å². The molecule has 0 aromatic heterocycles. The first kappa shape index (κ1) is 16.5. The van der Waals surface area contributed by atoms with E-state index in [9.17, 15) is 4.79 Å². The van der Waals surface area contributed by atoms with Crippen LogP contribution in [0, 0.1) is 0 Å². The van der Waals surface area contributed by atoms with Gasteiger partial charge >= 0.3 is 0 Å². The molecule has 1 heterocycles. The number of rotatable bonds is 4. The molecule has 1 aliphatic carbocycles. The molecule has 2 aliphatic rings. The van der Waals surface area contributed by atoms with E-state index in [1.807, 2.05) is 19.0 Å². The fourth-order valence-electron chi connectivity index (χ4n) is 4.32. The van der Waals surface area contributed by atoms with Crippen molar-refractivity contribution in [3.63, 3.8) is 0 Å². The number of hydrogen-bond donors (Lipinski definition) is 1. The highest BCUT2D eigenvalue weighted by atomic mass is 16.2. The van der Waals surface area contributed by atoms with Crippen LogP contribution in [0.4, 0.5) is 0 Å². The summed E-state index contributed by atoms with van der Waals surface area (Å²) in [7, 11) is 3.87. The van der Waals surface area contributed by atoms with Crippen LogP contribution in [0.15, 0.2) is 24.3 Å². The Morgan fingerprint density at radius 1 is 1.30 bits per heavy atom. The van der Waals surface area contributed by atoms with E-state index in [2.05, 4.69) is 41.4 Å². The Balaban J connectivity index is 1.79. The smallest absolute Gasteiger partial charge is 0.234 e. The molecule has 1 aromatic rings. The molecule has 126 valence electrons. The zero-order valence-electron chi connectivity index (χ0n) is 14.6. The maximum absolute atomic E-state index is 12.2. The Labute approximate surface area is 139 Å². The Hall–Kier alpha value is -1.39. The molecule has 1 saturated heterocycles. The lowest BCUT2D eigenvalue weighted by atomic mass is 9.73. The van der Waals surface area contributed by atoms with Gasteiger partial charge in [0.05, 0.1) is 12.6 Å². The Kier molecular flexibility index (Phi) is 4.74. The zero-order chi connectivity index (χ0) is 16.4. The van der Waals surface area contributed by atoms with E-state index < -0.39 is 0 Å². The predicted molar refractivity (Wildman–Crippen MR) is 93.5 cm³/mol. The summed E-state index contributed by atoms with van der Waals surface area (Å²) in [6, 6.07) is 8.92. The van der Waals surface area contributed by atoms with Crippen molar-refractivity contribution >= 4 is 5.91 Å². The normalized spacial score (nSPS) is 23.2. The summed E-state index contributed by atoms with van der Waals surface area (Å²) >= 11 is 0. The molecule has 1 unspecified atom stereocenters. The van der Waals surface area contributed by atoms with Gasteiger partial charge in [-0.3, -0.25) is 4.79 Å². The van der Waals surface area contributed by atoms with Gasteiger partial charge in [-0.2, -0.15) is 0 Å². The van der Waals surface area contributed by atoms with Gasteiger partial charge in [0.1, 0.15) is 0 Å². The molecular formula is C19H29N3O. The number of hydrogen-bond acceptors (Lipinski definition) is 3. The van der Waals surface area contributed by atoms with Crippen molar-refractivity contribution in [1.82, 2.24) is 15.1 Å². The average molecular weight is 315 g/mol. The zero-order valence-corrected chi connectivity index (χ0v) is 14.6. The summed E-state index contributed by atoms with van der Waals surface area (Å²) in [6.07, 6.45) is 3.47. The van der Waals surface area contributed by atoms with Gasteiger partial charge in [-0.05, 0) is 64.1 Å². The second-order valence-electron chi connectivity index (χ2n) is 7.36. The summed E-state index contributed by atoms with van der Waals surface area (Å²) in [5, 5.41) is 3.27. The summed E-state index contributed by atoms with van der Waals surface area (Å²) in [4.78, 5) is 16.7. The van der Waals surface area contributed by atoms with E-state index in [1.54, 1.807) is 0 Å². The predicted octanol–water partition coefficient (Wildman–Crippen LogP) is 2.16. The fraction of sp³-hybridized carbons (Fsp3) is 0.632. The van der Waals surface area contributed by atoms with E-state index in [4.69, 9.17) is 0 Å². The van der Waals surface area contributed by atoms with Crippen molar-refractivity contribution in [2.45, 2.75) is 37.6 Å². The third-order valence-corrected chi connectivity index (χ3v) is 5.56. The van der Waals surface area contributed by atoms with Crippen LogP contribution in [-0.4, -0.2) is 56.0 Å². The molecule has 1 amide bonds. The first-order valence-corrected chi connectivity index (χ1v) is 8.80. The number of likely N-dealkylation sites (tertiary alicyclic amines) is 1. The lowest BCUT2D eigenvalue weighted by Gasteiger charge is -2.40. The molecule has 1 spiro atoms. The lowest BCUT2D eigenvalue weighted by molar-refractivity contribution is -0.122. The molecule has 4 heteroatoms. The first-order valence-electron chi connectivity index (χ1n) is 8.80. The largest absolute Gasteiger partial charge is 0.348 e. The SMILES string of the molecule is CCN1CCC2(CC1)CC(NC(=O)CN(C)C)c1ccccc12. The van der Waals surface area contributed by atoms with Crippen molar-refractivity contribution < 1.29 is 4.79 Å². The number of fused-ring (bicyclic) bond motifs is 2. The molecule has 23 heavy (non-hydrogen) atoms. The number of nitrogens with zero attached hydrogens (tertiary/aromatic N) is 2. The molecule has 4 nitrogen and oxygen atoms in total. The third-order valence-electron chi connectivity index (χ3n) is 5.56. The summed E-state index contributed by atoms with van der Waals surface area (Å²) in [5.41, 5.74) is 3.08. The third kappa shape index (κ3) is 3.29. The van der Waals surface area contributed by atoms with Crippen LogP contribution in [0.1, 0.15) is 43.4 Å². The van der Waals surface area contributed by atoms with Crippen LogP contribution in [0.25, 0.3) is 0 Å². The number of nitrogens with one attached hydrogen (secondary N) is 1. The monoisotopic (exact) mass is 315 g/mol. The van der Waals surface area contributed by atoms with Gasteiger partial charge in [0.25, 0.3) is 0 Å². The number of likely N-dealkylation sites (N-methyl/N-ethyl adjacent to an activating group) is 1. The van der Waals surface area contributed by atoms with E-state index in [-0.39, 0.29) is 17.4 Å². The molecule has 0 saturated carbocycles. The van der Waals surface area contributed by atoms with Crippen LogP contribution >= 0.6 is 0 Å². The second-order valence-corrected chi connectivity index (χ2v) is 7.36. The minimum Gasteiger partial charge on any atom is -0.348 e. The molecule has 1 fully saturated rings. The fourth-order valence-corrected chi connectivity index (χ4v) is 4.32. The Bertz CT molecular complexity index is 561. The van der Waals surface area contributed by atoms with Crippen molar-refractivity contribution in [2.75, 3.05) is 40.3 Å². The number of carbonyl (C=O) groups is 1. The molecule has 3 rings (SSSR count). The molecule has 0 radical (unpaired) electrons. The van der Waals surface area contributed by atoms with Gasteiger partial charge in [-0.25, -0.2) is 0 Å². The molecule has 1 atom stereocenters. The van der Waals surface area contributed by atoms with Gasteiger partial charge in [0, 0.05) is 5.41 Å². The van der Waals surface area contributed by atoms with E-state index in [0.717, 1.165) is 13.0 Å². The topological polar surface area (TPSA) is 35.6 Å². The van der Waals surface area contributed by atoms with E-state index in [1.165, 1.54) is 37.1 Å². The highest BCUT2D eigenvalue weighted by Crippen LogP contribution is 2.50. The lowest BCUT2D eigenvalue weighted by Crippen LogP contribution is -2.42. The highest BCUT2D eigenvalue weighted by Gasteiger charge is 2.45. The van der Waals surface area contributed by atoms with Gasteiger partial charge < -0.3 is 15.1 Å². The van der Waals surface area contributed by atoms with Gasteiger partial charge in [-0.15, -0.1) is 0 Å². The first-order chi connectivity index (χ1) is 11.0. The van der Waals surface area contributed by atoms with Crippen molar-refractivity contribution in [3.05, 3.63) is 35.4 Å². The minimum absolute atomic E-state index is 0.123. The van der Waals surface area contributed by atoms with Crippen molar-refractivity contribution in [3.8, 4) is 0 Å². The van der Waals surface area contributed by atoms with Crippen LogP contribution in [0.2, 0.25) is 0 Å². The van der Waals surface area contributed by atoms with Crippen LogP contribution in [0.3, 0.4) is 0 Å². The maximum Gasteiger partial charge on any atom is 0.234 e. The number of benzene rings is 1. The van der Waals surface area contributed by atoms with E-state index in [0.29, 0.717) is 6.54 Å². The average Bonchev–Trinajstić information content (AvgIpc) is 2.82. The molecular weight excluding hydrogens is 286 g/mol. The van der Waals surface area contributed by atoms with Crippen LogP contribution < -0.4 is 5.32 Å². The Morgan fingerprint density at radius 2 is 2.00 bits per heavy atom. The summed E-state index contributed by atoms with van der Waals surface area (Å²) < 4.78 is 0. The van der Waals surface area contributed by atoms with Gasteiger partial charge in [-0.1, -0.05) is 31.2 Å². The van der Waals surface area contributed by atoms with Crippen molar-refractivity contribution in [1.29, 1.82) is 0 Å². The molecule has 0 bridgehead atoms. The Morgan fingerprint density at radius 3 is 2.65 bits per heavy atom. The van der Waals surface area contributed by atoms with Gasteiger partial charge in [0.2, 0.25) is 5.91 Å². The van der Waals surface area contributed by atoms with Crippen LogP contribution in [-0.2, 0) is 10.2 Å². The maximum atomic E-state index is 12.2. The summed E-state index contributed by atoms with van der Waals surface area (Å²) in [5.74, 6) is 0.123.